The summed E-state index contributed by atoms with van der Waals surface area (Å²) in [5.74, 6) is -1.02. The van der Waals surface area contributed by atoms with E-state index in [9.17, 15) is 4.79 Å². The Morgan fingerprint density at radius 2 is 2.13 bits per heavy atom. The third kappa shape index (κ3) is 1.78. The van der Waals surface area contributed by atoms with Crippen LogP contribution in [0.2, 0.25) is 5.02 Å². The number of hydrogen-bond donors (Lipinski definition) is 1. The van der Waals surface area contributed by atoms with Gasteiger partial charge in [0.2, 0.25) is 0 Å². The van der Waals surface area contributed by atoms with E-state index >= 15 is 0 Å². The minimum Gasteiger partial charge on any atom is -0.477 e. The van der Waals surface area contributed by atoms with Gasteiger partial charge in [0.25, 0.3) is 0 Å². The highest BCUT2D eigenvalue weighted by molar-refractivity contribution is 6.31. The second kappa shape index (κ2) is 3.51. The molecule has 0 unspecified atom stereocenters. The van der Waals surface area contributed by atoms with Crippen molar-refractivity contribution < 1.29 is 9.90 Å². The first kappa shape index (κ1) is 9.93. The minimum atomic E-state index is -1.02. The molecule has 0 saturated carbocycles. The molecule has 0 atom stereocenters. The average molecular weight is 222 g/mol. The number of halogens is 1. The molecule has 1 heterocycles. The summed E-state index contributed by atoms with van der Waals surface area (Å²) in [5.41, 5.74) is 1.60. The van der Waals surface area contributed by atoms with Crippen LogP contribution in [-0.4, -0.2) is 16.1 Å². The number of carboxylic acid groups (broad SMARTS) is 1. The van der Waals surface area contributed by atoms with Gasteiger partial charge in [-0.15, -0.1) is 0 Å². The van der Waals surface area contributed by atoms with E-state index in [4.69, 9.17) is 16.7 Å². The number of pyridine rings is 1. The summed E-state index contributed by atoms with van der Waals surface area (Å²) in [4.78, 5) is 14.8. The van der Waals surface area contributed by atoms with E-state index in [1.54, 1.807) is 18.2 Å². The summed E-state index contributed by atoms with van der Waals surface area (Å²) >= 11 is 5.88. The predicted octanol–water partition coefficient (Wildman–Crippen LogP) is 2.89. The van der Waals surface area contributed by atoms with Crippen LogP contribution < -0.4 is 0 Å². The van der Waals surface area contributed by atoms with Crippen LogP contribution in [0.15, 0.2) is 24.3 Å². The number of aromatic nitrogens is 1. The molecular weight excluding hydrogens is 214 g/mol. The Labute approximate surface area is 91.3 Å². The molecule has 2 aromatic rings. The molecule has 0 aliphatic carbocycles. The molecule has 2 rings (SSSR count). The van der Waals surface area contributed by atoms with Crippen molar-refractivity contribution in [2.75, 3.05) is 0 Å². The third-order valence-electron chi connectivity index (χ3n) is 2.17. The van der Waals surface area contributed by atoms with Gasteiger partial charge in [-0.2, -0.15) is 0 Å². The largest absolute Gasteiger partial charge is 0.477 e. The van der Waals surface area contributed by atoms with Crippen LogP contribution >= 0.6 is 11.6 Å². The van der Waals surface area contributed by atoms with Crippen molar-refractivity contribution in [3.05, 3.63) is 40.5 Å². The standard InChI is InChI=1S/C11H8ClNO2/c1-6-4-8(12)5-7-2-3-9(11(14)15)13-10(6)7/h2-5H,1H3,(H,14,15). The van der Waals surface area contributed by atoms with Gasteiger partial charge in [0, 0.05) is 10.4 Å². The first-order valence-corrected chi connectivity index (χ1v) is 4.76. The fourth-order valence-corrected chi connectivity index (χ4v) is 1.77. The minimum absolute atomic E-state index is 0.0490. The van der Waals surface area contributed by atoms with Gasteiger partial charge in [-0.3, -0.25) is 0 Å². The summed E-state index contributed by atoms with van der Waals surface area (Å²) < 4.78 is 0. The van der Waals surface area contributed by atoms with Crippen molar-refractivity contribution in [3.8, 4) is 0 Å². The first-order valence-electron chi connectivity index (χ1n) is 4.38. The fraction of sp³-hybridized carbons (Fsp3) is 0.0909. The highest BCUT2D eigenvalue weighted by Crippen LogP contribution is 2.22. The van der Waals surface area contributed by atoms with E-state index in [1.165, 1.54) is 6.07 Å². The van der Waals surface area contributed by atoms with E-state index < -0.39 is 5.97 Å². The van der Waals surface area contributed by atoms with E-state index in [0.29, 0.717) is 10.5 Å². The lowest BCUT2D eigenvalue weighted by atomic mass is 10.1. The van der Waals surface area contributed by atoms with Crippen LogP contribution in [0.4, 0.5) is 0 Å². The Bertz CT molecular complexity index is 552. The summed E-state index contributed by atoms with van der Waals surface area (Å²) in [6, 6.07) is 6.72. The van der Waals surface area contributed by atoms with Gasteiger partial charge < -0.3 is 5.11 Å². The van der Waals surface area contributed by atoms with Crippen LogP contribution in [0.1, 0.15) is 16.1 Å². The lowest BCUT2D eigenvalue weighted by molar-refractivity contribution is 0.0691. The van der Waals surface area contributed by atoms with Crippen LogP contribution in [0, 0.1) is 6.92 Å². The zero-order valence-corrected chi connectivity index (χ0v) is 8.75. The molecule has 0 radical (unpaired) electrons. The van der Waals surface area contributed by atoms with Crippen molar-refractivity contribution in [1.29, 1.82) is 0 Å². The fourth-order valence-electron chi connectivity index (χ4n) is 1.49. The Morgan fingerprint density at radius 1 is 1.40 bits per heavy atom. The normalized spacial score (nSPS) is 10.5. The smallest absolute Gasteiger partial charge is 0.354 e. The second-order valence-electron chi connectivity index (χ2n) is 3.30. The summed E-state index contributed by atoms with van der Waals surface area (Å²) in [6.45, 7) is 1.85. The van der Waals surface area contributed by atoms with Crippen LogP contribution in [0.3, 0.4) is 0 Å². The van der Waals surface area contributed by atoms with Gasteiger partial charge in [0.05, 0.1) is 5.52 Å². The van der Waals surface area contributed by atoms with Gasteiger partial charge in [-0.05, 0) is 30.7 Å². The SMILES string of the molecule is Cc1cc(Cl)cc2ccc(C(=O)O)nc12. The Kier molecular flexibility index (Phi) is 2.32. The van der Waals surface area contributed by atoms with E-state index in [1.807, 2.05) is 6.92 Å². The van der Waals surface area contributed by atoms with Crippen molar-refractivity contribution in [3.63, 3.8) is 0 Å². The molecule has 1 N–H and O–H groups in total. The summed E-state index contributed by atoms with van der Waals surface area (Å²) in [6.07, 6.45) is 0. The molecular formula is C11H8ClNO2. The molecule has 4 heteroatoms. The van der Waals surface area contributed by atoms with Crippen molar-refractivity contribution in [2.24, 2.45) is 0 Å². The van der Waals surface area contributed by atoms with E-state index in [2.05, 4.69) is 4.98 Å². The Hall–Kier alpha value is -1.61. The molecule has 0 fully saturated rings. The Morgan fingerprint density at radius 3 is 2.80 bits per heavy atom. The van der Waals surface area contributed by atoms with Crippen molar-refractivity contribution in [1.82, 2.24) is 4.98 Å². The maximum atomic E-state index is 10.7. The molecule has 3 nitrogen and oxygen atoms in total. The number of carboxylic acids is 1. The maximum Gasteiger partial charge on any atom is 0.354 e. The van der Waals surface area contributed by atoms with E-state index in [0.717, 1.165) is 10.9 Å². The highest BCUT2D eigenvalue weighted by Gasteiger charge is 2.07. The molecule has 0 spiro atoms. The molecule has 0 aliphatic rings. The topological polar surface area (TPSA) is 50.2 Å². The molecule has 0 saturated heterocycles. The quantitative estimate of drug-likeness (QED) is 0.806. The van der Waals surface area contributed by atoms with Crippen LogP contribution in [0.5, 0.6) is 0 Å². The number of nitrogens with zero attached hydrogens (tertiary/aromatic N) is 1. The zero-order chi connectivity index (χ0) is 11.0. The predicted molar refractivity (Wildman–Crippen MR) is 58.4 cm³/mol. The number of aromatic carboxylic acids is 1. The third-order valence-corrected chi connectivity index (χ3v) is 2.39. The molecule has 1 aromatic carbocycles. The number of rotatable bonds is 1. The number of fused-ring (bicyclic) bond motifs is 1. The first-order chi connectivity index (χ1) is 7.08. The van der Waals surface area contributed by atoms with Gasteiger partial charge in [0.1, 0.15) is 5.69 Å². The Balaban J connectivity index is 2.76. The molecule has 0 aliphatic heterocycles. The van der Waals surface area contributed by atoms with E-state index in [-0.39, 0.29) is 5.69 Å². The molecule has 1 aromatic heterocycles. The lowest BCUT2D eigenvalue weighted by Gasteiger charge is -2.03. The van der Waals surface area contributed by atoms with Gasteiger partial charge >= 0.3 is 5.97 Å². The van der Waals surface area contributed by atoms with Crippen LogP contribution in [0.25, 0.3) is 10.9 Å². The number of hydrogen-bond acceptors (Lipinski definition) is 2. The molecule has 0 amide bonds. The highest BCUT2D eigenvalue weighted by atomic mass is 35.5. The monoisotopic (exact) mass is 221 g/mol. The average Bonchev–Trinajstić information content (AvgIpc) is 2.16. The molecule has 76 valence electrons. The van der Waals surface area contributed by atoms with Crippen molar-refractivity contribution >= 4 is 28.5 Å². The van der Waals surface area contributed by atoms with Gasteiger partial charge in [-0.1, -0.05) is 17.7 Å². The lowest BCUT2D eigenvalue weighted by Crippen LogP contribution is -2.00. The number of benzene rings is 1. The molecule has 0 bridgehead atoms. The zero-order valence-electron chi connectivity index (χ0n) is 7.99. The van der Waals surface area contributed by atoms with Crippen molar-refractivity contribution in [2.45, 2.75) is 6.92 Å². The number of carbonyl (C=O) groups is 1. The van der Waals surface area contributed by atoms with Gasteiger partial charge in [0.15, 0.2) is 0 Å². The second-order valence-corrected chi connectivity index (χ2v) is 3.73. The summed E-state index contributed by atoms with van der Waals surface area (Å²) in [5, 5.41) is 10.3. The molecule has 15 heavy (non-hydrogen) atoms. The number of aryl methyl sites for hydroxylation is 1. The summed E-state index contributed by atoms with van der Waals surface area (Å²) in [7, 11) is 0. The van der Waals surface area contributed by atoms with Gasteiger partial charge in [-0.25, -0.2) is 9.78 Å². The maximum absolute atomic E-state index is 10.7. The van der Waals surface area contributed by atoms with Crippen LogP contribution in [-0.2, 0) is 0 Å².